The van der Waals surface area contributed by atoms with E-state index in [0.29, 0.717) is 39.8 Å². The van der Waals surface area contributed by atoms with E-state index < -0.39 is 0 Å². The molecule has 0 aliphatic rings. The number of carbonyl (C=O) groups is 1. The number of hydrogen-bond acceptors (Lipinski definition) is 4. The van der Waals surface area contributed by atoms with Crippen molar-refractivity contribution in [2.24, 2.45) is 16.5 Å². The van der Waals surface area contributed by atoms with Crippen LogP contribution in [-0.4, -0.2) is 18.7 Å². The molecule has 0 heterocycles. The number of amidine groups is 1. The summed E-state index contributed by atoms with van der Waals surface area (Å²) in [4.78, 5) is 17.1. The largest absolute Gasteiger partial charge is 0.488 e. The lowest BCUT2D eigenvalue weighted by Crippen LogP contribution is -2.15. The molecule has 0 amide bonds. The van der Waals surface area contributed by atoms with Gasteiger partial charge in [0.05, 0.1) is 5.56 Å². The molecule has 148 valence electrons. The van der Waals surface area contributed by atoms with Gasteiger partial charge in [-0.2, -0.15) is 0 Å². The standard InChI is InChI=1S/C23H22ClN3O2/c1-27-23(26)17-9-10-21(19(12-17)22(28)16-5-3-2-4-6-16)29-14-18-8-7-15(13-25)11-20(18)24/h2-12H,13-14,25H2,1H3,(H2,26,27). The Morgan fingerprint density at radius 3 is 2.45 bits per heavy atom. The molecule has 3 aromatic carbocycles. The van der Waals surface area contributed by atoms with Crippen molar-refractivity contribution in [2.75, 3.05) is 7.05 Å². The highest BCUT2D eigenvalue weighted by molar-refractivity contribution is 6.31. The summed E-state index contributed by atoms with van der Waals surface area (Å²) in [6.07, 6.45) is 0. The Kier molecular flexibility index (Phi) is 6.65. The van der Waals surface area contributed by atoms with Crippen LogP contribution in [-0.2, 0) is 13.2 Å². The molecule has 0 bridgehead atoms. The number of aliphatic imine (C=N–C) groups is 1. The maximum Gasteiger partial charge on any atom is 0.196 e. The van der Waals surface area contributed by atoms with Crippen LogP contribution in [0.5, 0.6) is 5.75 Å². The molecule has 0 radical (unpaired) electrons. The van der Waals surface area contributed by atoms with Gasteiger partial charge in [0, 0.05) is 35.3 Å². The summed E-state index contributed by atoms with van der Waals surface area (Å²) in [5.74, 6) is 0.639. The number of benzene rings is 3. The third-order valence-electron chi connectivity index (χ3n) is 4.53. The number of ketones is 1. The second-order valence-electron chi connectivity index (χ2n) is 6.43. The molecule has 0 unspecified atom stereocenters. The van der Waals surface area contributed by atoms with Gasteiger partial charge in [0.25, 0.3) is 0 Å². The first-order valence-corrected chi connectivity index (χ1v) is 9.48. The van der Waals surface area contributed by atoms with E-state index in [0.717, 1.165) is 11.1 Å². The minimum atomic E-state index is -0.157. The number of carbonyl (C=O) groups excluding carboxylic acids is 1. The Bertz CT molecular complexity index is 1050. The van der Waals surface area contributed by atoms with Crippen molar-refractivity contribution in [3.63, 3.8) is 0 Å². The Balaban J connectivity index is 1.94. The Morgan fingerprint density at radius 2 is 1.79 bits per heavy atom. The lowest BCUT2D eigenvalue weighted by atomic mass is 10.00. The van der Waals surface area contributed by atoms with E-state index in [1.807, 2.05) is 36.4 Å². The minimum absolute atomic E-state index is 0.157. The fraction of sp³-hybridized carbons (Fsp3) is 0.130. The van der Waals surface area contributed by atoms with E-state index in [4.69, 9.17) is 27.8 Å². The van der Waals surface area contributed by atoms with Crippen LogP contribution in [0.15, 0.2) is 71.7 Å². The second-order valence-corrected chi connectivity index (χ2v) is 6.84. The quantitative estimate of drug-likeness (QED) is 0.352. The molecule has 5 nitrogen and oxygen atoms in total. The predicted molar refractivity (Wildman–Crippen MR) is 117 cm³/mol. The van der Waals surface area contributed by atoms with Crippen LogP contribution in [0.3, 0.4) is 0 Å². The van der Waals surface area contributed by atoms with Crippen molar-refractivity contribution in [3.8, 4) is 5.75 Å². The summed E-state index contributed by atoms with van der Waals surface area (Å²) in [5.41, 5.74) is 15.0. The maximum absolute atomic E-state index is 13.1. The Morgan fingerprint density at radius 1 is 1.03 bits per heavy atom. The van der Waals surface area contributed by atoms with E-state index in [9.17, 15) is 4.79 Å². The van der Waals surface area contributed by atoms with E-state index in [1.54, 1.807) is 37.4 Å². The molecule has 3 rings (SSSR count). The van der Waals surface area contributed by atoms with Gasteiger partial charge in [-0.1, -0.05) is 54.1 Å². The van der Waals surface area contributed by atoms with Gasteiger partial charge in [0.1, 0.15) is 18.2 Å². The zero-order valence-electron chi connectivity index (χ0n) is 16.1. The molecule has 0 aliphatic heterocycles. The summed E-state index contributed by atoms with van der Waals surface area (Å²) >= 11 is 6.32. The SMILES string of the molecule is CN=C(N)c1ccc(OCc2ccc(CN)cc2Cl)c(C(=O)c2ccccc2)c1. The van der Waals surface area contributed by atoms with Gasteiger partial charge < -0.3 is 16.2 Å². The number of nitrogens with two attached hydrogens (primary N) is 2. The van der Waals surface area contributed by atoms with Crippen LogP contribution in [0.2, 0.25) is 5.02 Å². The normalized spacial score (nSPS) is 11.3. The van der Waals surface area contributed by atoms with Crippen molar-refractivity contribution >= 4 is 23.2 Å². The maximum atomic E-state index is 13.1. The van der Waals surface area contributed by atoms with Gasteiger partial charge in [-0.3, -0.25) is 9.79 Å². The molecular formula is C23H22ClN3O2. The zero-order valence-corrected chi connectivity index (χ0v) is 16.8. The van der Waals surface area contributed by atoms with Crippen molar-refractivity contribution in [1.29, 1.82) is 0 Å². The first-order valence-electron chi connectivity index (χ1n) is 9.10. The molecule has 4 N–H and O–H groups in total. The zero-order chi connectivity index (χ0) is 20.8. The minimum Gasteiger partial charge on any atom is -0.488 e. The third-order valence-corrected chi connectivity index (χ3v) is 4.89. The smallest absolute Gasteiger partial charge is 0.196 e. The number of nitrogens with zero attached hydrogens (tertiary/aromatic N) is 1. The van der Waals surface area contributed by atoms with Gasteiger partial charge in [0.2, 0.25) is 0 Å². The molecule has 6 heteroatoms. The van der Waals surface area contributed by atoms with Crippen LogP contribution in [0.4, 0.5) is 0 Å². The number of hydrogen-bond donors (Lipinski definition) is 2. The molecule has 0 aliphatic carbocycles. The number of rotatable bonds is 7. The lowest BCUT2D eigenvalue weighted by molar-refractivity contribution is 0.103. The fourth-order valence-electron chi connectivity index (χ4n) is 2.86. The van der Waals surface area contributed by atoms with Gasteiger partial charge >= 0.3 is 0 Å². The average Bonchev–Trinajstić information content (AvgIpc) is 2.77. The van der Waals surface area contributed by atoms with Crippen molar-refractivity contribution in [2.45, 2.75) is 13.2 Å². The van der Waals surface area contributed by atoms with E-state index in [-0.39, 0.29) is 12.4 Å². The molecule has 0 saturated heterocycles. The van der Waals surface area contributed by atoms with Crippen molar-refractivity contribution < 1.29 is 9.53 Å². The summed E-state index contributed by atoms with van der Waals surface area (Å²) in [6, 6.07) is 19.8. The first-order chi connectivity index (χ1) is 14.0. The first kappa shape index (κ1) is 20.6. The Labute approximate surface area is 175 Å². The van der Waals surface area contributed by atoms with E-state index >= 15 is 0 Å². The second kappa shape index (κ2) is 9.37. The van der Waals surface area contributed by atoms with Crippen LogP contribution in [0, 0.1) is 0 Å². The van der Waals surface area contributed by atoms with Crippen LogP contribution >= 0.6 is 11.6 Å². The molecule has 0 atom stereocenters. The molecule has 0 fully saturated rings. The topological polar surface area (TPSA) is 90.7 Å². The third kappa shape index (κ3) is 4.83. The van der Waals surface area contributed by atoms with Crippen LogP contribution < -0.4 is 16.2 Å². The summed E-state index contributed by atoms with van der Waals surface area (Å²) in [5, 5.41) is 0.572. The highest BCUT2D eigenvalue weighted by Crippen LogP contribution is 2.26. The summed E-state index contributed by atoms with van der Waals surface area (Å²) < 4.78 is 5.97. The average molecular weight is 408 g/mol. The summed E-state index contributed by atoms with van der Waals surface area (Å²) in [6.45, 7) is 0.633. The molecule has 29 heavy (non-hydrogen) atoms. The van der Waals surface area contributed by atoms with Crippen molar-refractivity contribution in [1.82, 2.24) is 0 Å². The molecule has 0 spiro atoms. The Hall–Kier alpha value is -3.15. The van der Waals surface area contributed by atoms with Crippen LogP contribution in [0.25, 0.3) is 0 Å². The van der Waals surface area contributed by atoms with Gasteiger partial charge in [-0.05, 0) is 29.8 Å². The molecular weight excluding hydrogens is 386 g/mol. The summed E-state index contributed by atoms with van der Waals surface area (Å²) in [7, 11) is 1.60. The van der Waals surface area contributed by atoms with E-state index in [1.165, 1.54) is 0 Å². The number of halogens is 1. The lowest BCUT2D eigenvalue weighted by Gasteiger charge is -2.14. The molecule has 0 saturated carbocycles. The molecule has 3 aromatic rings. The fourth-order valence-corrected chi connectivity index (χ4v) is 3.11. The predicted octanol–water partition coefficient (Wildman–Crippen LogP) is 3.94. The highest BCUT2D eigenvalue weighted by Gasteiger charge is 2.17. The van der Waals surface area contributed by atoms with Gasteiger partial charge in [-0.25, -0.2) is 0 Å². The van der Waals surface area contributed by atoms with E-state index in [2.05, 4.69) is 4.99 Å². The van der Waals surface area contributed by atoms with Gasteiger partial charge in [-0.15, -0.1) is 0 Å². The monoisotopic (exact) mass is 407 g/mol. The number of ether oxygens (including phenoxy) is 1. The van der Waals surface area contributed by atoms with Crippen molar-refractivity contribution in [3.05, 3.63) is 99.6 Å². The highest BCUT2D eigenvalue weighted by atomic mass is 35.5. The molecule has 0 aromatic heterocycles. The van der Waals surface area contributed by atoms with Gasteiger partial charge in [0.15, 0.2) is 5.78 Å². The van der Waals surface area contributed by atoms with Crippen LogP contribution in [0.1, 0.15) is 32.6 Å².